The molecule has 5 nitrogen and oxygen atoms in total. The molecule has 13 heavy (non-hydrogen) atoms. The summed E-state index contributed by atoms with van der Waals surface area (Å²) in [4.78, 5) is 21.5. The van der Waals surface area contributed by atoms with E-state index in [0.717, 1.165) is 6.54 Å². The summed E-state index contributed by atoms with van der Waals surface area (Å²) in [5.74, 6) is -0.0846. The largest absolute Gasteiger partial charge is 0.442 e. The van der Waals surface area contributed by atoms with Gasteiger partial charge in [0, 0.05) is 6.42 Å². The Bertz CT molecular complexity index is 171. The average molecular weight is 188 g/mol. The molecule has 0 aromatic heterocycles. The molecular formula is C8H16N2O3. The lowest BCUT2D eigenvalue weighted by Crippen LogP contribution is -2.34. The first-order valence-corrected chi connectivity index (χ1v) is 4.33. The summed E-state index contributed by atoms with van der Waals surface area (Å²) in [5, 5.41) is 5.32. The fraction of sp³-hybridized carbons (Fsp3) is 0.750. The topological polar surface area (TPSA) is 67.4 Å². The van der Waals surface area contributed by atoms with Crippen LogP contribution in [0.2, 0.25) is 0 Å². The summed E-state index contributed by atoms with van der Waals surface area (Å²) in [7, 11) is 0. The van der Waals surface area contributed by atoms with Crippen LogP contribution in [0.3, 0.4) is 0 Å². The van der Waals surface area contributed by atoms with Crippen LogP contribution in [0.5, 0.6) is 0 Å². The number of rotatable bonds is 6. The van der Waals surface area contributed by atoms with Crippen molar-refractivity contribution in [3.05, 3.63) is 0 Å². The highest BCUT2D eigenvalue weighted by Gasteiger charge is 2.03. The van der Waals surface area contributed by atoms with Crippen LogP contribution in [-0.2, 0) is 9.53 Å². The van der Waals surface area contributed by atoms with Gasteiger partial charge in [-0.25, -0.2) is 4.79 Å². The number of hydrogen-bond donors (Lipinski definition) is 2. The molecule has 0 aromatic carbocycles. The van der Waals surface area contributed by atoms with E-state index >= 15 is 0 Å². The lowest BCUT2D eigenvalue weighted by Gasteiger charge is -2.05. The van der Waals surface area contributed by atoms with Crippen LogP contribution in [-0.4, -0.2) is 31.7 Å². The third-order valence-corrected chi connectivity index (χ3v) is 1.37. The minimum Gasteiger partial charge on any atom is -0.442 e. The van der Waals surface area contributed by atoms with Gasteiger partial charge in [-0.15, -0.1) is 0 Å². The normalized spacial score (nSPS) is 9.38. The Morgan fingerprint density at radius 2 is 2.00 bits per heavy atom. The molecule has 0 aliphatic carbocycles. The van der Waals surface area contributed by atoms with Crippen LogP contribution in [0.25, 0.3) is 0 Å². The van der Waals surface area contributed by atoms with Gasteiger partial charge in [0.05, 0.1) is 6.67 Å². The van der Waals surface area contributed by atoms with E-state index in [2.05, 4.69) is 15.4 Å². The first-order valence-electron chi connectivity index (χ1n) is 4.33. The third-order valence-electron chi connectivity index (χ3n) is 1.37. The number of Topliss-reactive ketones (excluding diaryl/α,β-unsaturated/α-hetero) is 1. The molecule has 0 saturated heterocycles. The van der Waals surface area contributed by atoms with Crippen LogP contribution in [0.15, 0.2) is 0 Å². The molecular weight excluding hydrogens is 172 g/mol. The number of alkyl carbamates (subject to hydrolysis) is 1. The number of nitrogens with one attached hydrogen (secondary N) is 2. The van der Waals surface area contributed by atoms with Gasteiger partial charge in [-0.2, -0.15) is 0 Å². The van der Waals surface area contributed by atoms with E-state index in [1.54, 1.807) is 6.92 Å². The van der Waals surface area contributed by atoms with E-state index in [1.165, 1.54) is 0 Å². The Morgan fingerprint density at radius 3 is 2.54 bits per heavy atom. The maximum Gasteiger partial charge on any atom is 0.408 e. The van der Waals surface area contributed by atoms with Gasteiger partial charge in [0.2, 0.25) is 0 Å². The van der Waals surface area contributed by atoms with Crippen molar-refractivity contribution in [1.29, 1.82) is 0 Å². The molecule has 0 aliphatic rings. The van der Waals surface area contributed by atoms with E-state index in [9.17, 15) is 9.59 Å². The van der Waals surface area contributed by atoms with Gasteiger partial charge in [-0.1, -0.05) is 13.8 Å². The zero-order valence-electron chi connectivity index (χ0n) is 8.05. The molecule has 0 rings (SSSR count). The molecule has 0 aliphatic heterocycles. The highest BCUT2D eigenvalue weighted by atomic mass is 16.5. The number of carbonyl (C=O) groups is 2. The first-order chi connectivity index (χ1) is 6.20. The Morgan fingerprint density at radius 1 is 1.31 bits per heavy atom. The van der Waals surface area contributed by atoms with Crippen LogP contribution in [0, 0.1) is 0 Å². The summed E-state index contributed by atoms with van der Waals surface area (Å²) >= 11 is 0. The fourth-order valence-corrected chi connectivity index (χ4v) is 0.559. The van der Waals surface area contributed by atoms with Crippen molar-refractivity contribution in [3.63, 3.8) is 0 Å². The zero-order chi connectivity index (χ0) is 10.1. The van der Waals surface area contributed by atoms with Crippen LogP contribution in [0.4, 0.5) is 4.79 Å². The van der Waals surface area contributed by atoms with Crippen molar-refractivity contribution in [3.8, 4) is 0 Å². The lowest BCUT2D eigenvalue weighted by molar-refractivity contribution is -0.121. The number of ketones is 1. The van der Waals surface area contributed by atoms with Crippen molar-refractivity contribution in [2.45, 2.75) is 20.3 Å². The van der Waals surface area contributed by atoms with E-state index in [0.29, 0.717) is 13.1 Å². The minimum absolute atomic E-state index is 0.0846. The predicted octanol–water partition coefficient (Wildman–Crippen LogP) is 0.259. The van der Waals surface area contributed by atoms with Gasteiger partial charge in [0.25, 0.3) is 0 Å². The van der Waals surface area contributed by atoms with Crippen molar-refractivity contribution in [2.75, 3.05) is 19.8 Å². The monoisotopic (exact) mass is 188 g/mol. The second-order valence-electron chi connectivity index (χ2n) is 2.43. The molecule has 0 atom stereocenters. The van der Waals surface area contributed by atoms with Crippen LogP contribution >= 0.6 is 0 Å². The number of carbonyl (C=O) groups excluding carboxylic acids is 2. The van der Waals surface area contributed by atoms with Crippen molar-refractivity contribution in [2.24, 2.45) is 0 Å². The lowest BCUT2D eigenvalue weighted by atomic mass is 10.3. The molecule has 0 spiro atoms. The fourth-order valence-electron chi connectivity index (χ4n) is 0.559. The highest BCUT2D eigenvalue weighted by Crippen LogP contribution is 1.83. The maximum absolute atomic E-state index is 10.8. The summed E-state index contributed by atoms with van der Waals surface area (Å²) in [6.07, 6.45) is -0.178. The standard InChI is InChI=1S/C8H16N2O3/c1-3-7(11)5-13-8(12)10-6-9-4-2/h9H,3-6H2,1-2H3,(H,10,12). The number of amides is 1. The molecule has 5 heteroatoms. The summed E-state index contributed by atoms with van der Waals surface area (Å²) < 4.78 is 4.60. The summed E-state index contributed by atoms with van der Waals surface area (Å²) in [6.45, 7) is 4.63. The summed E-state index contributed by atoms with van der Waals surface area (Å²) in [6, 6.07) is 0. The van der Waals surface area contributed by atoms with Gasteiger partial charge in [-0.3, -0.25) is 4.79 Å². The van der Waals surface area contributed by atoms with E-state index < -0.39 is 6.09 Å². The Labute approximate surface area is 77.8 Å². The Hall–Kier alpha value is -1.10. The molecule has 0 radical (unpaired) electrons. The van der Waals surface area contributed by atoms with Crippen LogP contribution < -0.4 is 10.6 Å². The summed E-state index contributed by atoms with van der Waals surface area (Å²) in [5.41, 5.74) is 0. The molecule has 76 valence electrons. The molecule has 0 heterocycles. The predicted molar refractivity (Wildman–Crippen MR) is 48.3 cm³/mol. The SMILES string of the molecule is CCNCNC(=O)OCC(=O)CC. The second kappa shape index (κ2) is 7.54. The highest BCUT2D eigenvalue weighted by molar-refractivity contribution is 5.81. The maximum atomic E-state index is 10.8. The first kappa shape index (κ1) is 11.9. The Balaban J connectivity index is 3.35. The third kappa shape index (κ3) is 7.27. The van der Waals surface area contributed by atoms with E-state index in [4.69, 9.17) is 0 Å². The Kier molecular flexibility index (Phi) is 6.91. The second-order valence-corrected chi connectivity index (χ2v) is 2.43. The van der Waals surface area contributed by atoms with Gasteiger partial charge in [0.1, 0.15) is 0 Å². The van der Waals surface area contributed by atoms with Crippen molar-refractivity contribution < 1.29 is 14.3 Å². The number of hydrogen-bond acceptors (Lipinski definition) is 4. The number of ether oxygens (including phenoxy) is 1. The smallest absolute Gasteiger partial charge is 0.408 e. The van der Waals surface area contributed by atoms with Gasteiger partial charge in [0.15, 0.2) is 12.4 Å². The average Bonchev–Trinajstić information content (AvgIpc) is 2.14. The van der Waals surface area contributed by atoms with Gasteiger partial charge >= 0.3 is 6.09 Å². The quantitative estimate of drug-likeness (QED) is 0.463. The van der Waals surface area contributed by atoms with Crippen LogP contribution in [0.1, 0.15) is 20.3 Å². The molecule has 0 unspecified atom stereocenters. The molecule has 2 N–H and O–H groups in total. The molecule has 0 aromatic rings. The van der Waals surface area contributed by atoms with E-state index in [1.807, 2.05) is 6.92 Å². The van der Waals surface area contributed by atoms with Gasteiger partial charge in [-0.05, 0) is 6.54 Å². The van der Waals surface area contributed by atoms with Crippen molar-refractivity contribution in [1.82, 2.24) is 10.6 Å². The van der Waals surface area contributed by atoms with Gasteiger partial charge < -0.3 is 15.4 Å². The minimum atomic E-state index is -0.567. The molecule has 0 fully saturated rings. The zero-order valence-corrected chi connectivity index (χ0v) is 8.05. The van der Waals surface area contributed by atoms with E-state index in [-0.39, 0.29) is 12.4 Å². The van der Waals surface area contributed by atoms with Crippen molar-refractivity contribution >= 4 is 11.9 Å². The molecule has 0 saturated carbocycles. The molecule has 1 amide bonds. The molecule has 0 bridgehead atoms.